The maximum Gasteiger partial charge on any atom is 0.257 e. The van der Waals surface area contributed by atoms with E-state index in [0.717, 1.165) is 80.8 Å². The van der Waals surface area contributed by atoms with Crippen molar-refractivity contribution in [3.63, 3.8) is 0 Å². The SMILES string of the molecule is O=C(Nc1nc2c(s1)C[C@@H](N1CCOCC1)CC2)c1cccc([C@H]2CCCN2C(=O)c2ccc(-c3ccncc3)cc2)c1. The molecular formula is C34H35N5O3S. The van der Waals surface area contributed by atoms with Gasteiger partial charge in [-0.3, -0.25) is 24.8 Å². The number of anilines is 1. The molecule has 0 spiro atoms. The van der Waals surface area contributed by atoms with Crippen molar-refractivity contribution < 1.29 is 14.3 Å². The fourth-order valence-corrected chi connectivity index (χ4v) is 7.67. The van der Waals surface area contributed by atoms with Crippen LogP contribution in [0.15, 0.2) is 73.1 Å². The van der Waals surface area contributed by atoms with Crippen molar-refractivity contribution in [1.82, 2.24) is 19.8 Å². The Balaban J connectivity index is 1.02. The molecule has 0 unspecified atom stereocenters. The van der Waals surface area contributed by atoms with Crippen molar-refractivity contribution >= 4 is 28.3 Å². The third-order valence-corrected chi connectivity index (χ3v) is 9.92. The summed E-state index contributed by atoms with van der Waals surface area (Å²) in [6, 6.07) is 19.8. The molecule has 9 heteroatoms. The van der Waals surface area contributed by atoms with Crippen LogP contribution < -0.4 is 5.32 Å². The first-order valence-electron chi connectivity index (χ1n) is 15.2. The largest absolute Gasteiger partial charge is 0.379 e. The van der Waals surface area contributed by atoms with Crippen LogP contribution in [0.5, 0.6) is 0 Å². The Morgan fingerprint density at radius 3 is 2.51 bits per heavy atom. The van der Waals surface area contributed by atoms with Crippen molar-refractivity contribution in [2.24, 2.45) is 0 Å². The molecule has 220 valence electrons. The summed E-state index contributed by atoms with van der Waals surface area (Å²) in [7, 11) is 0. The zero-order chi connectivity index (χ0) is 29.2. The van der Waals surface area contributed by atoms with E-state index in [1.165, 1.54) is 4.88 Å². The molecule has 2 aromatic heterocycles. The number of morpholine rings is 1. The lowest BCUT2D eigenvalue weighted by Crippen LogP contribution is -2.45. The number of pyridine rings is 1. The molecule has 1 N–H and O–H groups in total. The molecule has 8 nitrogen and oxygen atoms in total. The zero-order valence-electron chi connectivity index (χ0n) is 24.1. The zero-order valence-corrected chi connectivity index (χ0v) is 24.9. The average molecular weight is 594 g/mol. The number of thiazole rings is 1. The second-order valence-corrected chi connectivity index (χ2v) is 12.6. The molecule has 0 radical (unpaired) electrons. The quantitative estimate of drug-likeness (QED) is 0.312. The van der Waals surface area contributed by atoms with Gasteiger partial charge >= 0.3 is 0 Å². The van der Waals surface area contributed by atoms with Crippen LogP contribution in [0.1, 0.15) is 62.2 Å². The smallest absolute Gasteiger partial charge is 0.257 e. The molecule has 2 saturated heterocycles. The summed E-state index contributed by atoms with van der Waals surface area (Å²) in [5.74, 6) is -0.150. The Labute approximate surface area is 255 Å². The van der Waals surface area contributed by atoms with Gasteiger partial charge in [0, 0.05) is 54.1 Å². The van der Waals surface area contributed by atoms with Gasteiger partial charge in [-0.15, -0.1) is 11.3 Å². The second kappa shape index (κ2) is 12.4. The van der Waals surface area contributed by atoms with Gasteiger partial charge in [0.1, 0.15) is 0 Å². The lowest BCUT2D eigenvalue weighted by molar-refractivity contribution is 0.0139. The fraction of sp³-hybridized carbons (Fsp3) is 0.353. The summed E-state index contributed by atoms with van der Waals surface area (Å²) in [6.45, 7) is 4.28. The fourth-order valence-electron chi connectivity index (χ4n) is 6.59. The molecule has 2 amide bonds. The number of aromatic nitrogens is 2. The summed E-state index contributed by atoms with van der Waals surface area (Å²) in [4.78, 5) is 41.5. The molecule has 1 aliphatic carbocycles. The highest BCUT2D eigenvalue weighted by molar-refractivity contribution is 7.15. The van der Waals surface area contributed by atoms with Crippen LogP contribution in [0.3, 0.4) is 0 Å². The normalized spacial score (nSPS) is 20.5. The number of rotatable bonds is 6. The molecular weight excluding hydrogens is 558 g/mol. The number of benzene rings is 2. The van der Waals surface area contributed by atoms with Crippen LogP contribution in [0, 0.1) is 0 Å². The van der Waals surface area contributed by atoms with E-state index in [-0.39, 0.29) is 17.9 Å². The lowest BCUT2D eigenvalue weighted by atomic mass is 9.96. The number of likely N-dealkylation sites (tertiary alicyclic amines) is 1. The third-order valence-electron chi connectivity index (χ3n) is 8.89. The van der Waals surface area contributed by atoms with E-state index >= 15 is 0 Å². The number of hydrogen-bond acceptors (Lipinski definition) is 7. The molecule has 3 aliphatic rings. The van der Waals surface area contributed by atoms with E-state index in [1.807, 2.05) is 65.6 Å². The van der Waals surface area contributed by atoms with Crippen molar-refractivity contribution in [3.8, 4) is 11.1 Å². The van der Waals surface area contributed by atoms with Gasteiger partial charge in [-0.25, -0.2) is 4.98 Å². The number of nitrogens with one attached hydrogen (secondary N) is 1. The molecule has 2 aliphatic heterocycles. The summed E-state index contributed by atoms with van der Waals surface area (Å²) in [5.41, 5.74) is 5.47. The number of carbonyl (C=O) groups excluding carboxylic acids is 2. The molecule has 2 aromatic carbocycles. The van der Waals surface area contributed by atoms with E-state index in [2.05, 4.69) is 15.2 Å². The van der Waals surface area contributed by atoms with Crippen molar-refractivity contribution in [1.29, 1.82) is 0 Å². The van der Waals surface area contributed by atoms with Crippen LogP contribution in [-0.4, -0.2) is 70.5 Å². The number of aryl methyl sites for hydroxylation is 1. The Kier molecular flexibility index (Phi) is 8.02. The maximum absolute atomic E-state index is 13.6. The van der Waals surface area contributed by atoms with Crippen molar-refractivity contribution in [3.05, 3.63) is 100 Å². The van der Waals surface area contributed by atoms with Crippen LogP contribution in [-0.2, 0) is 17.6 Å². The van der Waals surface area contributed by atoms with Crippen molar-refractivity contribution in [2.45, 2.75) is 44.2 Å². The molecule has 2 atom stereocenters. The minimum atomic E-state index is -0.166. The monoisotopic (exact) mass is 593 g/mol. The van der Waals surface area contributed by atoms with E-state index in [9.17, 15) is 9.59 Å². The molecule has 2 fully saturated rings. The first-order valence-corrected chi connectivity index (χ1v) is 16.0. The molecule has 7 rings (SSSR count). The highest BCUT2D eigenvalue weighted by Crippen LogP contribution is 2.35. The van der Waals surface area contributed by atoms with Crippen LogP contribution in [0.2, 0.25) is 0 Å². The van der Waals surface area contributed by atoms with Gasteiger partial charge in [0.05, 0.1) is 24.9 Å². The standard InChI is InChI=1S/C34H35N5O3S/c40-32(37-34-36-29-11-10-28(22-31(29)43-34)38-17-19-42-20-18-38)27-4-1-3-26(21-27)30-5-2-16-39(30)33(41)25-8-6-23(7-9-25)24-12-14-35-15-13-24/h1,3-4,6-9,12-15,21,28,30H,2,5,10-11,16-20,22H2,(H,36,37,40)/t28-,30+/m0/s1. The van der Waals surface area contributed by atoms with Gasteiger partial charge in [-0.05, 0) is 85.2 Å². The van der Waals surface area contributed by atoms with E-state index in [4.69, 9.17) is 9.72 Å². The number of hydrogen-bond donors (Lipinski definition) is 1. The predicted molar refractivity (Wildman–Crippen MR) is 167 cm³/mol. The Hall–Kier alpha value is -3.92. The van der Waals surface area contributed by atoms with Gasteiger partial charge in [0.2, 0.25) is 0 Å². The van der Waals surface area contributed by atoms with E-state index in [0.29, 0.717) is 28.8 Å². The van der Waals surface area contributed by atoms with Gasteiger partial charge in [0.25, 0.3) is 11.8 Å². The number of amides is 2. The highest BCUT2D eigenvalue weighted by Gasteiger charge is 2.32. The van der Waals surface area contributed by atoms with Gasteiger partial charge < -0.3 is 9.64 Å². The summed E-state index contributed by atoms with van der Waals surface area (Å²) in [6.07, 6.45) is 8.35. The van der Waals surface area contributed by atoms with Crippen LogP contribution >= 0.6 is 11.3 Å². The summed E-state index contributed by atoms with van der Waals surface area (Å²) < 4.78 is 5.53. The molecule has 43 heavy (non-hydrogen) atoms. The maximum atomic E-state index is 13.6. The Morgan fingerprint density at radius 1 is 0.907 bits per heavy atom. The van der Waals surface area contributed by atoms with Crippen LogP contribution in [0.4, 0.5) is 5.13 Å². The van der Waals surface area contributed by atoms with Gasteiger partial charge in [-0.1, -0.05) is 24.3 Å². The summed E-state index contributed by atoms with van der Waals surface area (Å²) >= 11 is 1.60. The number of ether oxygens (including phenoxy) is 1. The lowest BCUT2D eigenvalue weighted by Gasteiger charge is -2.36. The second-order valence-electron chi connectivity index (χ2n) is 11.5. The minimum Gasteiger partial charge on any atom is -0.379 e. The third kappa shape index (κ3) is 5.98. The Morgan fingerprint density at radius 2 is 1.70 bits per heavy atom. The van der Waals surface area contributed by atoms with Crippen LogP contribution in [0.25, 0.3) is 11.1 Å². The first-order chi connectivity index (χ1) is 21.1. The molecule has 4 aromatic rings. The molecule has 0 bridgehead atoms. The van der Waals surface area contributed by atoms with E-state index in [1.54, 1.807) is 23.7 Å². The number of fused-ring (bicyclic) bond motifs is 1. The molecule has 4 heterocycles. The van der Waals surface area contributed by atoms with Gasteiger partial charge in [0.15, 0.2) is 5.13 Å². The van der Waals surface area contributed by atoms with E-state index < -0.39 is 0 Å². The molecule has 0 saturated carbocycles. The van der Waals surface area contributed by atoms with Crippen molar-refractivity contribution in [2.75, 3.05) is 38.2 Å². The summed E-state index contributed by atoms with van der Waals surface area (Å²) in [5, 5.41) is 3.72. The first kappa shape index (κ1) is 27.9. The topological polar surface area (TPSA) is 87.7 Å². The number of carbonyl (C=O) groups is 2. The van der Waals surface area contributed by atoms with Gasteiger partial charge in [-0.2, -0.15) is 0 Å². The number of nitrogens with zero attached hydrogens (tertiary/aromatic N) is 4. The Bertz CT molecular complexity index is 1600. The predicted octanol–water partition coefficient (Wildman–Crippen LogP) is 5.62. The minimum absolute atomic E-state index is 0.0161. The average Bonchev–Trinajstić information content (AvgIpc) is 3.72. The highest BCUT2D eigenvalue weighted by atomic mass is 32.1.